The van der Waals surface area contributed by atoms with Crippen molar-refractivity contribution in [3.63, 3.8) is 0 Å². The van der Waals surface area contributed by atoms with E-state index in [-0.39, 0.29) is 11.2 Å². The predicted molar refractivity (Wildman–Crippen MR) is 45.0 cm³/mol. The molecule has 0 bridgehead atoms. The molecule has 2 saturated heterocycles. The maximum absolute atomic E-state index is 5.66. The van der Waals surface area contributed by atoms with E-state index in [1.54, 1.807) is 0 Å². The van der Waals surface area contributed by atoms with Gasteiger partial charge in [-0.25, -0.2) is 0 Å². The smallest absolute Gasteiger partial charge is 0.0920 e. The molecule has 0 N–H and O–H groups in total. The van der Waals surface area contributed by atoms with Crippen LogP contribution in [0.15, 0.2) is 0 Å². The molecule has 2 nitrogen and oxygen atoms in total. The first-order valence-corrected chi connectivity index (χ1v) is 4.94. The van der Waals surface area contributed by atoms with Crippen LogP contribution in [0.2, 0.25) is 0 Å². The summed E-state index contributed by atoms with van der Waals surface area (Å²) in [6.07, 6.45) is 4.31. The van der Waals surface area contributed by atoms with E-state index in [4.69, 9.17) is 9.47 Å². The molecule has 4 atom stereocenters. The van der Waals surface area contributed by atoms with Gasteiger partial charge >= 0.3 is 0 Å². The Morgan fingerprint density at radius 1 is 1.25 bits per heavy atom. The summed E-state index contributed by atoms with van der Waals surface area (Å²) in [5.74, 6) is 0.762. The second kappa shape index (κ2) is 1.88. The fraction of sp³-hybridized carbons (Fsp3) is 1.00. The molecule has 3 aliphatic rings. The van der Waals surface area contributed by atoms with Crippen molar-refractivity contribution in [3.8, 4) is 0 Å². The molecule has 2 heteroatoms. The van der Waals surface area contributed by atoms with E-state index in [9.17, 15) is 0 Å². The van der Waals surface area contributed by atoms with Gasteiger partial charge in [0.15, 0.2) is 0 Å². The van der Waals surface area contributed by atoms with Crippen molar-refractivity contribution < 1.29 is 9.47 Å². The molecule has 0 unspecified atom stereocenters. The fourth-order valence-corrected chi connectivity index (χ4v) is 2.55. The molecular formula is C10H16O2. The van der Waals surface area contributed by atoms with Gasteiger partial charge in [0.05, 0.1) is 23.9 Å². The zero-order valence-electron chi connectivity index (χ0n) is 7.80. The first-order chi connectivity index (χ1) is 5.62. The van der Waals surface area contributed by atoms with Crippen molar-refractivity contribution in [1.82, 2.24) is 0 Å². The van der Waals surface area contributed by atoms with E-state index in [1.165, 1.54) is 19.3 Å². The van der Waals surface area contributed by atoms with Gasteiger partial charge in [-0.2, -0.15) is 0 Å². The van der Waals surface area contributed by atoms with E-state index in [0.717, 1.165) is 12.5 Å². The average Bonchev–Trinajstić information content (AvgIpc) is 2.86. The lowest BCUT2D eigenvalue weighted by Crippen LogP contribution is -2.29. The van der Waals surface area contributed by atoms with Gasteiger partial charge in [0.25, 0.3) is 0 Å². The molecular weight excluding hydrogens is 152 g/mol. The second-order valence-electron chi connectivity index (χ2n) is 4.99. The number of epoxide rings is 2. The van der Waals surface area contributed by atoms with Gasteiger partial charge < -0.3 is 9.47 Å². The lowest BCUT2D eigenvalue weighted by atomic mass is 9.77. The minimum atomic E-state index is 0.229. The molecule has 2 aliphatic heterocycles. The Morgan fingerprint density at radius 3 is 2.58 bits per heavy atom. The Bertz CT molecular complexity index is 222. The highest BCUT2D eigenvalue weighted by Gasteiger charge is 2.60. The number of ether oxygens (including phenoxy) is 2. The summed E-state index contributed by atoms with van der Waals surface area (Å²) in [6.45, 7) is 5.45. The molecule has 2 heterocycles. The van der Waals surface area contributed by atoms with Crippen molar-refractivity contribution in [3.05, 3.63) is 0 Å². The lowest BCUT2D eigenvalue weighted by Gasteiger charge is -2.25. The molecule has 0 amide bonds. The summed E-state index contributed by atoms with van der Waals surface area (Å²) >= 11 is 0. The van der Waals surface area contributed by atoms with Crippen molar-refractivity contribution >= 4 is 0 Å². The summed E-state index contributed by atoms with van der Waals surface area (Å²) in [4.78, 5) is 0. The highest BCUT2D eigenvalue weighted by molar-refractivity contribution is 5.08. The summed E-state index contributed by atoms with van der Waals surface area (Å²) in [6, 6.07) is 0. The van der Waals surface area contributed by atoms with Crippen molar-refractivity contribution in [1.29, 1.82) is 0 Å². The van der Waals surface area contributed by atoms with Crippen molar-refractivity contribution in [2.45, 2.75) is 50.4 Å². The van der Waals surface area contributed by atoms with Gasteiger partial charge in [0.1, 0.15) is 0 Å². The maximum atomic E-state index is 5.66. The molecule has 0 aromatic carbocycles. The summed E-state index contributed by atoms with van der Waals surface area (Å²) in [7, 11) is 0. The zero-order chi connectivity index (χ0) is 8.40. The Morgan fingerprint density at radius 2 is 2.00 bits per heavy atom. The van der Waals surface area contributed by atoms with Crippen LogP contribution in [0, 0.1) is 5.92 Å². The van der Waals surface area contributed by atoms with E-state index < -0.39 is 0 Å². The van der Waals surface area contributed by atoms with Gasteiger partial charge in [-0.05, 0) is 39.0 Å². The van der Waals surface area contributed by atoms with Crippen LogP contribution < -0.4 is 0 Å². The predicted octanol–water partition coefficient (Wildman–Crippen LogP) is 1.73. The fourth-order valence-electron chi connectivity index (χ4n) is 2.55. The molecule has 0 spiro atoms. The largest absolute Gasteiger partial charge is 0.370 e. The molecule has 68 valence electrons. The van der Waals surface area contributed by atoms with Gasteiger partial charge in [0, 0.05) is 0 Å². The van der Waals surface area contributed by atoms with Crippen LogP contribution in [0.5, 0.6) is 0 Å². The van der Waals surface area contributed by atoms with Gasteiger partial charge in [-0.3, -0.25) is 0 Å². The van der Waals surface area contributed by atoms with Crippen LogP contribution in [-0.4, -0.2) is 23.9 Å². The normalized spacial score (nSPS) is 62.5. The monoisotopic (exact) mass is 168 g/mol. The average molecular weight is 168 g/mol. The third-order valence-electron chi connectivity index (χ3n) is 3.99. The zero-order valence-corrected chi connectivity index (χ0v) is 7.80. The van der Waals surface area contributed by atoms with Crippen LogP contribution in [-0.2, 0) is 9.47 Å². The third-order valence-corrected chi connectivity index (χ3v) is 3.99. The first-order valence-electron chi connectivity index (χ1n) is 4.94. The minimum Gasteiger partial charge on any atom is -0.370 e. The van der Waals surface area contributed by atoms with E-state index in [1.807, 2.05) is 0 Å². The van der Waals surface area contributed by atoms with Gasteiger partial charge in [0.2, 0.25) is 0 Å². The SMILES string of the molecule is C[C@]1([C@H]2CC[C@]3(C)O[C@@H]3C2)CO1. The summed E-state index contributed by atoms with van der Waals surface area (Å²) < 4.78 is 11.1. The molecule has 1 saturated carbocycles. The Balaban J connectivity index is 1.70. The lowest BCUT2D eigenvalue weighted by molar-refractivity contribution is 0.191. The molecule has 0 aromatic heterocycles. The van der Waals surface area contributed by atoms with Crippen LogP contribution in [0.3, 0.4) is 0 Å². The number of rotatable bonds is 1. The highest BCUT2D eigenvalue weighted by Crippen LogP contribution is 2.54. The van der Waals surface area contributed by atoms with Gasteiger partial charge in [-0.1, -0.05) is 0 Å². The van der Waals surface area contributed by atoms with E-state index in [0.29, 0.717) is 6.10 Å². The Hall–Kier alpha value is -0.0800. The van der Waals surface area contributed by atoms with Crippen LogP contribution in [0.1, 0.15) is 33.1 Å². The molecule has 3 rings (SSSR count). The molecule has 0 aromatic rings. The van der Waals surface area contributed by atoms with Crippen molar-refractivity contribution in [2.75, 3.05) is 6.61 Å². The minimum absolute atomic E-state index is 0.229. The third kappa shape index (κ3) is 0.882. The van der Waals surface area contributed by atoms with Crippen LogP contribution in [0.25, 0.3) is 0 Å². The Kier molecular flexibility index (Phi) is 1.15. The summed E-state index contributed by atoms with van der Waals surface area (Å²) in [5, 5.41) is 0. The van der Waals surface area contributed by atoms with Crippen LogP contribution in [0.4, 0.5) is 0 Å². The maximum Gasteiger partial charge on any atom is 0.0920 e. The molecule has 12 heavy (non-hydrogen) atoms. The van der Waals surface area contributed by atoms with E-state index >= 15 is 0 Å². The molecule has 0 radical (unpaired) electrons. The second-order valence-corrected chi connectivity index (χ2v) is 4.99. The topological polar surface area (TPSA) is 25.1 Å². The number of hydrogen-bond donors (Lipinski definition) is 0. The van der Waals surface area contributed by atoms with E-state index in [2.05, 4.69) is 13.8 Å². The number of hydrogen-bond acceptors (Lipinski definition) is 2. The standard InChI is InChI=1S/C10H16O2/c1-9-4-3-7(5-8(9)12-9)10(2)6-11-10/h7-8H,3-6H2,1-2H3/t7-,8+,9-,10+/m0/s1. The highest BCUT2D eigenvalue weighted by atomic mass is 16.6. The molecule has 3 fully saturated rings. The van der Waals surface area contributed by atoms with Gasteiger partial charge in [-0.15, -0.1) is 0 Å². The first kappa shape index (κ1) is 7.34. The Labute approximate surface area is 73.2 Å². The quantitative estimate of drug-likeness (QED) is 0.557. The van der Waals surface area contributed by atoms with Crippen LogP contribution >= 0.6 is 0 Å². The molecule has 1 aliphatic carbocycles. The van der Waals surface area contributed by atoms with Crippen molar-refractivity contribution in [2.24, 2.45) is 5.92 Å². The summed E-state index contributed by atoms with van der Waals surface area (Å²) in [5.41, 5.74) is 0.495. The number of fused-ring (bicyclic) bond motifs is 1.